The van der Waals surface area contributed by atoms with Gasteiger partial charge in [-0.05, 0) is 12.0 Å². The molecule has 1 fully saturated rings. The molecule has 0 radical (unpaired) electrons. The van der Waals surface area contributed by atoms with Crippen molar-refractivity contribution >= 4 is 13.1 Å². The minimum atomic E-state index is -6.00. The smallest absolute Gasteiger partial charge is 0.418 e. The van der Waals surface area contributed by atoms with Gasteiger partial charge in [0.15, 0.2) is 0 Å². The van der Waals surface area contributed by atoms with Crippen LogP contribution in [0.15, 0.2) is 30.3 Å². The van der Waals surface area contributed by atoms with Gasteiger partial charge in [-0.15, -0.1) is 0 Å². The van der Waals surface area contributed by atoms with Gasteiger partial charge < -0.3 is 22.2 Å². The van der Waals surface area contributed by atoms with Gasteiger partial charge in [0.05, 0.1) is 5.84 Å². The Morgan fingerprint density at radius 3 is 2.11 bits per heavy atom. The molecule has 0 saturated carbocycles. The number of nitrogens with one attached hydrogen (secondary N) is 1. The van der Waals surface area contributed by atoms with Crippen LogP contribution < -0.4 is 0 Å². The summed E-state index contributed by atoms with van der Waals surface area (Å²) in [6.45, 7) is 1.95. The Labute approximate surface area is 103 Å². The van der Waals surface area contributed by atoms with Crippen molar-refractivity contribution in [2.45, 2.75) is 19.4 Å². The predicted molar refractivity (Wildman–Crippen MR) is 64.0 cm³/mol. The van der Waals surface area contributed by atoms with Crippen LogP contribution in [0.3, 0.4) is 0 Å². The van der Waals surface area contributed by atoms with Gasteiger partial charge >= 0.3 is 7.25 Å². The molecule has 2 nitrogen and oxygen atoms in total. The number of halogens is 4. The van der Waals surface area contributed by atoms with Gasteiger partial charge in [0, 0.05) is 19.5 Å². The molecule has 1 saturated heterocycles. The van der Waals surface area contributed by atoms with Crippen LogP contribution in [0.5, 0.6) is 0 Å². The highest BCUT2D eigenvalue weighted by molar-refractivity contribution is 6.50. The van der Waals surface area contributed by atoms with Gasteiger partial charge in [-0.2, -0.15) is 0 Å². The second-order valence-electron chi connectivity index (χ2n) is 3.95. The number of benzene rings is 1. The highest BCUT2D eigenvalue weighted by atomic mass is 19.5. The molecule has 0 atom stereocenters. The van der Waals surface area contributed by atoms with E-state index in [1.165, 1.54) is 5.56 Å². The maximum absolute atomic E-state index is 9.75. The Kier molecular flexibility index (Phi) is 5.18. The quantitative estimate of drug-likeness (QED) is 0.639. The molecule has 0 bridgehead atoms. The van der Waals surface area contributed by atoms with Crippen LogP contribution in [0, 0.1) is 5.41 Å². The summed E-state index contributed by atoms with van der Waals surface area (Å²) in [5.74, 6) is 0.795. The second-order valence-corrected chi connectivity index (χ2v) is 3.95. The first-order valence-electron chi connectivity index (χ1n) is 5.60. The molecule has 1 N–H and O–H groups in total. The van der Waals surface area contributed by atoms with E-state index in [9.17, 15) is 17.3 Å². The lowest BCUT2D eigenvalue weighted by Crippen LogP contribution is -2.23. The standard InChI is InChI=1S/C11H14N2.BF4/c12-11-7-4-8-13(11)9-10-5-2-1-3-6-10;2-1(3,4)5/h1-3,5-6,12H,4,7-9H2;/q;-1. The molecule has 100 valence electrons. The molecule has 1 aliphatic rings. The lowest BCUT2D eigenvalue weighted by Gasteiger charge is -2.17. The number of rotatable bonds is 2. The minimum Gasteiger partial charge on any atom is -0.418 e. The normalized spacial score (nSPS) is 15.3. The average molecular weight is 261 g/mol. The largest absolute Gasteiger partial charge is 0.673 e. The fourth-order valence-corrected chi connectivity index (χ4v) is 1.71. The number of likely N-dealkylation sites (tertiary alicyclic amines) is 1. The van der Waals surface area contributed by atoms with Crippen molar-refractivity contribution in [2.24, 2.45) is 0 Å². The third kappa shape index (κ3) is 6.27. The number of nitrogens with zero attached hydrogens (tertiary/aromatic N) is 1. The van der Waals surface area contributed by atoms with E-state index in [0.717, 1.165) is 31.8 Å². The summed E-state index contributed by atoms with van der Waals surface area (Å²) < 4.78 is 39.0. The van der Waals surface area contributed by atoms with E-state index < -0.39 is 7.25 Å². The summed E-state index contributed by atoms with van der Waals surface area (Å²) >= 11 is 0. The molecular formula is C11H14BF4N2-. The van der Waals surface area contributed by atoms with Gasteiger partial charge in [0.25, 0.3) is 0 Å². The first-order valence-corrected chi connectivity index (χ1v) is 5.60. The predicted octanol–water partition coefficient (Wildman–Crippen LogP) is 3.56. The van der Waals surface area contributed by atoms with E-state index in [2.05, 4.69) is 29.2 Å². The summed E-state index contributed by atoms with van der Waals surface area (Å²) in [5.41, 5.74) is 1.30. The Balaban J connectivity index is 0.000000280. The van der Waals surface area contributed by atoms with E-state index in [4.69, 9.17) is 5.41 Å². The molecule has 0 spiro atoms. The average Bonchev–Trinajstić information content (AvgIpc) is 2.64. The second kappa shape index (κ2) is 6.42. The Morgan fingerprint density at radius 2 is 1.67 bits per heavy atom. The Bertz CT molecular complexity index is 374. The molecule has 0 aromatic heterocycles. The SMILES string of the molecule is F[B-](F)(F)F.N=C1CCCN1Cc1ccccc1. The molecule has 18 heavy (non-hydrogen) atoms. The summed E-state index contributed by atoms with van der Waals surface area (Å²) in [5, 5.41) is 7.68. The zero-order chi connectivity index (χ0) is 13.6. The van der Waals surface area contributed by atoms with Crippen molar-refractivity contribution in [1.82, 2.24) is 4.90 Å². The van der Waals surface area contributed by atoms with Crippen molar-refractivity contribution in [2.75, 3.05) is 6.54 Å². The fourth-order valence-electron chi connectivity index (χ4n) is 1.71. The highest BCUT2D eigenvalue weighted by Gasteiger charge is 2.20. The van der Waals surface area contributed by atoms with Crippen LogP contribution in [0.25, 0.3) is 0 Å². The van der Waals surface area contributed by atoms with Crippen LogP contribution in [-0.4, -0.2) is 24.5 Å². The van der Waals surface area contributed by atoms with Crippen molar-refractivity contribution in [3.63, 3.8) is 0 Å². The fraction of sp³-hybridized carbons (Fsp3) is 0.364. The lowest BCUT2D eigenvalue weighted by atomic mass is 10.2. The van der Waals surface area contributed by atoms with E-state index in [0.29, 0.717) is 0 Å². The lowest BCUT2D eigenvalue weighted by molar-refractivity contribution is 0.368. The molecule has 1 aromatic rings. The third-order valence-corrected chi connectivity index (χ3v) is 2.44. The molecule has 0 aliphatic carbocycles. The molecule has 1 aliphatic heterocycles. The molecule has 2 rings (SSSR count). The zero-order valence-corrected chi connectivity index (χ0v) is 9.75. The van der Waals surface area contributed by atoms with Crippen LogP contribution in [-0.2, 0) is 6.54 Å². The number of hydrogen-bond acceptors (Lipinski definition) is 1. The summed E-state index contributed by atoms with van der Waals surface area (Å²) in [4.78, 5) is 2.15. The van der Waals surface area contributed by atoms with Crippen LogP contribution in [0.4, 0.5) is 17.3 Å². The maximum atomic E-state index is 9.75. The third-order valence-electron chi connectivity index (χ3n) is 2.44. The number of amidine groups is 1. The van der Waals surface area contributed by atoms with Gasteiger partial charge in [-0.3, -0.25) is 5.41 Å². The molecule has 0 unspecified atom stereocenters. The Hall–Kier alpha value is -1.53. The molecular weight excluding hydrogens is 247 g/mol. The van der Waals surface area contributed by atoms with E-state index >= 15 is 0 Å². The van der Waals surface area contributed by atoms with Crippen molar-refractivity contribution < 1.29 is 17.3 Å². The topological polar surface area (TPSA) is 27.1 Å². The maximum Gasteiger partial charge on any atom is 0.673 e. The molecule has 7 heteroatoms. The van der Waals surface area contributed by atoms with Crippen molar-refractivity contribution in [3.05, 3.63) is 35.9 Å². The summed E-state index contributed by atoms with van der Waals surface area (Å²) in [6, 6.07) is 10.4. The first-order chi connectivity index (χ1) is 8.36. The van der Waals surface area contributed by atoms with Gasteiger partial charge in [-0.1, -0.05) is 30.3 Å². The Morgan fingerprint density at radius 1 is 1.11 bits per heavy atom. The van der Waals surface area contributed by atoms with Gasteiger partial charge in [0.2, 0.25) is 0 Å². The first kappa shape index (κ1) is 14.5. The van der Waals surface area contributed by atoms with Crippen LogP contribution in [0.2, 0.25) is 0 Å². The minimum absolute atomic E-state index is 0.795. The molecule has 1 aromatic carbocycles. The van der Waals surface area contributed by atoms with Gasteiger partial charge in [-0.25, -0.2) is 0 Å². The van der Waals surface area contributed by atoms with Crippen molar-refractivity contribution in [3.8, 4) is 0 Å². The van der Waals surface area contributed by atoms with Crippen LogP contribution >= 0.6 is 0 Å². The monoisotopic (exact) mass is 261 g/mol. The van der Waals surface area contributed by atoms with Crippen molar-refractivity contribution in [1.29, 1.82) is 5.41 Å². The van der Waals surface area contributed by atoms with Gasteiger partial charge in [0.1, 0.15) is 0 Å². The van der Waals surface area contributed by atoms with Crippen LogP contribution in [0.1, 0.15) is 18.4 Å². The van der Waals surface area contributed by atoms with E-state index in [1.54, 1.807) is 0 Å². The van der Waals surface area contributed by atoms with E-state index in [-0.39, 0.29) is 0 Å². The number of hydrogen-bond donors (Lipinski definition) is 1. The highest BCUT2D eigenvalue weighted by Crippen LogP contribution is 2.13. The van der Waals surface area contributed by atoms with E-state index in [1.807, 2.05) is 6.07 Å². The zero-order valence-electron chi connectivity index (χ0n) is 9.75. The summed E-state index contributed by atoms with van der Waals surface area (Å²) in [7, 11) is -6.00. The molecule has 0 amide bonds. The summed E-state index contributed by atoms with van der Waals surface area (Å²) in [6.07, 6.45) is 2.10. The molecule has 1 heterocycles.